The molecule has 6 heteroatoms. The highest BCUT2D eigenvalue weighted by atomic mass is 35.5. The van der Waals surface area contributed by atoms with E-state index in [0.29, 0.717) is 6.54 Å². The van der Waals surface area contributed by atoms with Gasteiger partial charge in [-0.2, -0.15) is 5.26 Å². The molecule has 1 N–H and O–H groups in total. The Morgan fingerprint density at radius 2 is 2.17 bits per heavy atom. The van der Waals surface area contributed by atoms with Crippen LogP contribution in [0.15, 0.2) is 24.3 Å². The van der Waals surface area contributed by atoms with Crippen molar-refractivity contribution in [2.24, 2.45) is 0 Å². The zero-order chi connectivity index (χ0) is 16.2. The lowest BCUT2D eigenvalue weighted by Crippen LogP contribution is -2.29. The Balaban J connectivity index is 1.77. The molecule has 2 aromatic rings. The molecule has 2 heterocycles. The van der Waals surface area contributed by atoms with E-state index in [0.717, 1.165) is 53.6 Å². The Morgan fingerprint density at radius 3 is 2.96 bits per heavy atom. The topological polar surface area (TPSA) is 64.8 Å². The van der Waals surface area contributed by atoms with E-state index in [4.69, 9.17) is 16.9 Å². The zero-order valence-electron chi connectivity index (χ0n) is 13.0. The van der Waals surface area contributed by atoms with E-state index in [1.807, 2.05) is 30.3 Å². The minimum Gasteiger partial charge on any atom is -0.369 e. The molecule has 23 heavy (non-hydrogen) atoms. The molecule has 1 aliphatic heterocycles. The van der Waals surface area contributed by atoms with Crippen molar-refractivity contribution in [1.82, 2.24) is 14.9 Å². The van der Waals surface area contributed by atoms with Crippen LogP contribution in [0.3, 0.4) is 0 Å². The summed E-state index contributed by atoms with van der Waals surface area (Å²) in [4.78, 5) is 10.9. The second kappa shape index (κ2) is 6.95. The third kappa shape index (κ3) is 3.61. The van der Waals surface area contributed by atoms with Crippen LogP contribution in [-0.2, 0) is 19.4 Å². The molecule has 1 aliphatic rings. The van der Waals surface area contributed by atoms with Crippen LogP contribution >= 0.6 is 11.6 Å². The molecule has 0 amide bonds. The number of benzene rings is 1. The number of aromatic nitrogens is 2. The van der Waals surface area contributed by atoms with Gasteiger partial charge in [0.1, 0.15) is 11.9 Å². The van der Waals surface area contributed by atoms with Gasteiger partial charge in [0, 0.05) is 36.6 Å². The third-order valence-electron chi connectivity index (χ3n) is 4.00. The van der Waals surface area contributed by atoms with Crippen molar-refractivity contribution in [3.8, 4) is 6.07 Å². The summed E-state index contributed by atoms with van der Waals surface area (Å²) in [6.45, 7) is 2.46. The summed E-state index contributed by atoms with van der Waals surface area (Å²) < 4.78 is 0. The maximum atomic E-state index is 9.12. The van der Waals surface area contributed by atoms with E-state index >= 15 is 0 Å². The van der Waals surface area contributed by atoms with E-state index < -0.39 is 0 Å². The first kappa shape index (κ1) is 15.7. The van der Waals surface area contributed by atoms with Crippen molar-refractivity contribution in [3.63, 3.8) is 0 Å². The molecule has 0 atom stereocenters. The molecule has 5 nitrogen and oxygen atoms in total. The summed E-state index contributed by atoms with van der Waals surface area (Å²) in [6, 6.07) is 9.87. The molecule has 0 unspecified atom stereocenters. The number of rotatable bonds is 4. The number of nitrogens with one attached hydrogen (secondary N) is 1. The highest BCUT2D eigenvalue weighted by Crippen LogP contribution is 2.23. The molecular formula is C17H18ClN5. The summed E-state index contributed by atoms with van der Waals surface area (Å²) >= 11 is 6.19. The Labute approximate surface area is 140 Å². The molecule has 118 valence electrons. The van der Waals surface area contributed by atoms with Gasteiger partial charge in [0.2, 0.25) is 5.82 Å². The molecule has 1 aromatic carbocycles. The standard InChI is InChI=1S/C17H18ClN5/c1-23-9-7-15-13(11-23)17(22-16(10-19)21-15)20-8-6-12-4-2-3-5-14(12)18/h2-5H,6-9,11H2,1H3,(H,20,21,22). The number of nitrogens with zero attached hydrogens (tertiary/aromatic N) is 4. The molecule has 0 radical (unpaired) electrons. The Hall–Kier alpha value is -2.16. The second-order valence-corrected chi connectivity index (χ2v) is 6.10. The van der Waals surface area contributed by atoms with E-state index in [1.165, 1.54) is 0 Å². The molecule has 0 saturated heterocycles. The first-order valence-electron chi connectivity index (χ1n) is 7.63. The summed E-state index contributed by atoms with van der Waals surface area (Å²) in [5.74, 6) is 0.999. The van der Waals surface area contributed by atoms with Crippen molar-refractivity contribution in [2.75, 3.05) is 25.5 Å². The van der Waals surface area contributed by atoms with Crippen LogP contribution < -0.4 is 5.32 Å². The average Bonchev–Trinajstić information content (AvgIpc) is 2.56. The average molecular weight is 328 g/mol. The molecule has 0 spiro atoms. The van der Waals surface area contributed by atoms with Gasteiger partial charge in [0.25, 0.3) is 0 Å². The van der Waals surface area contributed by atoms with Crippen LogP contribution in [0.25, 0.3) is 0 Å². The zero-order valence-corrected chi connectivity index (χ0v) is 13.8. The van der Waals surface area contributed by atoms with Gasteiger partial charge in [0.15, 0.2) is 0 Å². The minimum atomic E-state index is 0.230. The maximum absolute atomic E-state index is 9.12. The highest BCUT2D eigenvalue weighted by molar-refractivity contribution is 6.31. The summed E-state index contributed by atoms with van der Waals surface area (Å²) in [5, 5.41) is 13.3. The van der Waals surface area contributed by atoms with Crippen molar-refractivity contribution in [2.45, 2.75) is 19.4 Å². The molecule has 0 aliphatic carbocycles. The van der Waals surface area contributed by atoms with Crippen LogP contribution in [0.4, 0.5) is 5.82 Å². The van der Waals surface area contributed by atoms with Crippen molar-refractivity contribution in [1.29, 1.82) is 5.26 Å². The van der Waals surface area contributed by atoms with Gasteiger partial charge in [-0.25, -0.2) is 9.97 Å². The second-order valence-electron chi connectivity index (χ2n) is 5.69. The summed E-state index contributed by atoms with van der Waals surface area (Å²) in [6.07, 6.45) is 1.65. The summed E-state index contributed by atoms with van der Waals surface area (Å²) in [5.41, 5.74) is 3.18. The van der Waals surface area contributed by atoms with Crippen molar-refractivity contribution in [3.05, 3.63) is 51.9 Å². The van der Waals surface area contributed by atoms with Crippen LogP contribution in [-0.4, -0.2) is 35.0 Å². The quantitative estimate of drug-likeness (QED) is 0.935. The van der Waals surface area contributed by atoms with Gasteiger partial charge in [0.05, 0.1) is 5.69 Å². The van der Waals surface area contributed by atoms with Crippen LogP contribution in [0.5, 0.6) is 0 Å². The van der Waals surface area contributed by atoms with E-state index in [-0.39, 0.29) is 5.82 Å². The van der Waals surface area contributed by atoms with Crippen LogP contribution in [0, 0.1) is 11.3 Å². The lowest BCUT2D eigenvalue weighted by atomic mass is 10.1. The fourth-order valence-corrected chi connectivity index (χ4v) is 2.99. The predicted octanol–water partition coefficient (Wildman–Crippen LogP) is 2.64. The molecule has 0 saturated carbocycles. The number of nitriles is 1. The molecular weight excluding hydrogens is 310 g/mol. The maximum Gasteiger partial charge on any atom is 0.234 e. The molecule has 0 fully saturated rings. The van der Waals surface area contributed by atoms with Gasteiger partial charge in [-0.05, 0) is 25.1 Å². The monoisotopic (exact) mass is 327 g/mol. The van der Waals surface area contributed by atoms with Gasteiger partial charge < -0.3 is 10.2 Å². The molecule has 3 rings (SSSR count). The Bertz CT molecular complexity index is 753. The normalized spacial score (nSPS) is 14.1. The number of likely N-dealkylation sites (N-methyl/N-ethyl adjacent to an activating group) is 1. The molecule has 0 bridgehead atoms. The smallest absolute Gasteiger partial charge is 0.234 e. The third-order valence-corrected chi connectivity index (χ3v) is 4.36. The fourth-order valence-electron chi connectivity index (χ4n) is 2.76. The summed E-state index contributed by atoms with van der Waals surface area (Å²) in [7, 11) is 2.08. The fraction of sp³-hybridized carbons (Fsp3) is 0.353. The van der Waals surface area contributed by atoms with Gasteiger partial charge >= 0.3 is 0 Å². The Morgan fingerprint density at radius 1 is 1.35 bits per heavy atom. The number of hydrogen-bond donors (Lipinski definition) is 1. The Kier molecular flexibility index (Phi) is 4.75. The van der Waals surface area contributed by atoms with E-state index in [1.54, 1.807) is 0 Å². The molecule has 1 aromatic heterocycles. The van der Waals surface area contributed by atoms with Crippen molar-refractivity contribution < 1.29 is 0 Å². The van der Waals surface area contributed by atoms with Crippen LogP contribution in [0.2, 0.25) is 5.02 Å². The first-order chi connectivity index (χ1) is 11.2. The lowest BCUT2D eigenvalue weighted by Gasteiger charge is -2.26. The van der Waals surface area contributed by atoms with E-state index in [2.05, 4.69) is 27.2 Å². The number of anilines is 1. The SMILES string of the molecule is CN1CCc2nc(C#N)nc(NCCc3ccccc3Cl)c2C1. The minimum absolute atomic E-state index is 0.230. The van der Waals surface area contributed by atoms with Gasteiger partial charge in [-0.1, -0.05) is 29.8 Å². The van der Waals surface area contributed by atoms with Gasteiger partial charge in [-0.15, -0.1) is 0 Å². The lowest BCUT2D eigenvalue weighted by molar-refractivity contribution is 0.309. The van der Waals surface area contributed by atoms with Crippen molar-refractivity contribution >= 4 is 17.4 Å². The van der Waals surface area contributed by atoms with E-state index in [9.17, 15) is 0 Å². The first-order valence-corrected chi connectivity index (χ1v) is 8.01. The number of fused-ring (bicyclic) bond motifs is 1. The van der Waals surface area contributed by atoms with Crippen LogP contribution in [0.1, 0.15) is 22.6 Å². The number of halogens is 1. The highest BCUT2D eigenvalue weighted by Gasteiger charge is 2.20. The number of hydrogen-bond acceptors (Lipinski definition) is 5. The van der Waals surface area contributed by atoms with Gasteiger partial charge in [-0.3, -0.25) is 0 Å². The largest absolute Gasteiger partial charge is 0.369 e. The predicted molar refractivity (Wildman–Crippen MR) is 90.4 cm³/mol.